The standard InChI is InChI=1S/C13H20N4O2/c1-12(2,3)19-11(18)17-10-15-6-9(7-16-10)13(8-14)4-5-13/h6-7H,4-5,8,14H2,1-3H3,(H,15,16,17,18). The minimum absolute atomic E-state index is 0.0600. The molecular formula is C13H20N4O2. The molecule has 1 amide bonds. The Balaban J connectivity index is 1.98. The monoisotopic (exact) mass is 264 g/mol. The first-order valence-corrected chi connectivity index (χ1v) is 6.37. The van der Waals surface area contributed by atoms with Crippen molar-refractivity contribution in [2.24, 2.45) is 5.73 Å². The van der Waals surface area contributed by atoms with Crippen molar-refractivity contribution in [2.45, 2.75) is 44.6 Å². The van der Waals surface area contributed by atoms with Crippen LogP contribution in [0.4, 0.5) is 10.7 Å². The van der Waals surface area contributed by atoms with Crippen molar-refractivity contribution in [3.8, 4) is 0 Å². The summed E-state index contributed by atoms with van der Waals surface area (Å²) >= 11 is 0. The molecule has 0 bridgehead atoms. The summed E-state index contributed by atoms with van der Waals surface area (Å²) in [5, 5.41) is 2.50. The lowest BCUT2D eigenvalue weighted by molar-refractivity contribution is 0.0634. The Labute approximate surface area is 112 Å². The highest BCUT2D eigenvalue weighted by Gasteiger charge is 2.43. The summed E-state index contributed by atoms with van der Waals surface area (Å²) in [7, 11) is 0. The van der Waals surface area contributed by atoms with Crippen molar-refractivity contribution < 1.29 is 9.53 Å². The lowest BCUT2D eigenvalue weighted by atomic mass is 10.00. The predicted molar refractivity (Wildman–Crippen MR) is 71.9 cm³/mol. The molecule has 1 saturated carbocycles. The van der Waals surface area contributed by atoms with E-state index in [4.69, 9.17) is 10.5 Å². The molecule has 104 valence electrons. The van der Waals surface area contributed by atoms with E-state index in [1.807, 2.05) is 0 Å². The molecule has 0 spiro atoms. The van der Waals surface area contributed by atoms with Crippen LogP contribution in [0.15, 0.2) is 12.4 Å². The molecule has 1 aliphatic rings. The summed E-state index contributed by atoms with van der Waals surface area (Å²) < 4.78 is 5.12. The fraction of sp³-hybridized carbons (Fsp3) is 0.615. The van der Waals surface area contributed by atoms with Crippen LogP contribution in [0.5, 0.6) is 0 Å². The molecule has 1 fully saturated rings. The van der Waals surface area contributed by atoms with Crippen LogP contribution in [0.25, 0.3) is 0 Å². The van der Waals surface area contributed by atoms with Gasteiger partial charge in [0.15, 0.2) is 0 Å². The number of aromatic nitrogens is 2. The SMILES string of the molecule is CC(C)(C)OC(=O)Nc1ncc(C2(CN)CC2)cn1. The van der Waals surface area contributed by atoms with Gasteiger partial charge < -0.3 is 10.5 Å². The zero-order chi connectivity index (χ0) is 14.1. The van der Waals surface area contributed by atoms with E-state index in [1.54, 1.807) is 33.2 Å². The smallest absolute Gasteiger partial charge is 0.414 e. The van der Waals surface area contributed by atoms with Gasteiger partial charge in [-0.2, -0.15) is 0 Å². The molecule has 0 saturated heterocycles. The summed E-state index contributed by atoms with van der Waals surface area (Å²) in [6.45, 7) is 6.01. The van der Waals surface area contributed by atoms with Crippen molar-refractivity contribution in [1.29, 1.82) is 0 Å². The number of anilines is 1. The number of ether oxygens (including phenoxy) is 1. The third-order valence-corrected chi connectivity index (χ3v) is 3.12. The number of hydrogen-bond donors (Lipinski definition) is 2. The van der Waals surface area contributed by atoms with Crippen LogP contribution in [-0.4, -0.2) is 28.2 Å². The number of nitrogens with one attached hydrogen (secondary N) is 1. The number of nitrogens with two attached hydrogens (primary N) is 1. The third kappa shape index (κ3) is 3.41. The van der Waals surface area contributed by atoms with Crippen LogP contribution < -0.4 is 11.1 Å². The topological polar surface area (TPSA) is 90.1 Å². The number of rotatable bonds is 3. The van der Waals surface area contributed by atoms with E-state index < -0.39 is 11.7 Å². The Morgan fingerprint density at radius 2 is 2.00 bits per heavy atom. The maximum absolute atomic E-state index is 11.5. The minimum Gasteiger partial charge on any atom is -0.444 e. The van der Waals surface area contributed by atoms with Crippen molar-refractivity contribution >= 4 is 12.0 Å². The molecule has 1 aliphatic carbocycles. The number of nitrogens with zero attached hydrogens (tertiary/aromatic N) is 2. The van der Waals surface area contributed by atoms with Gasteiger partial charge in [0.2, 0.25) is 5.95 Å². The van der Waals surface area contributed by atoms with Crippen molar-refractivity contribution in [3.05, 3.63) is 18.0 Å². The Hall–Kier alpha value is -1.69. The molecule has 0 atom stereocenters. The lowest BCUT2D eigenvalue weighted by Gasteiger charge is -2.19. The number of amides is 1. The minimum atomic E-state index is -0.555. The molecule has 6 heteroatoms. The zero-order valence-electron chi connectivity index (χ0n) is 11.6. The zero-order valence-corrected chi connectivity index (χ0v) is 11.6. The maximum atomic E-state index is 11.5. The van der Waals surface area contributed by atoms with E-state index in [0.717, 1.165) is 18.4 Å². The van der Waals surface area contributed by atoms with Crippen LogP contribution in [0.1, 0.15) is 39.2 Å². The molecular weight excluding hydrogens is 244 g/mol. The molecule has 2 rings (SSSR count). The van der Waals surface area contributed by atoms with Gasteiger partial charge in [-0.25, -0.2) is 14.8 Å². The second-order valence-electron chi connectivity index (χ2n) is 5.91. The highest BCUT2D eigenvalue weighted by atomic mass is 16.6. The van der Waals surface area contributed by atoms with Gasteiger partial charge in [-0.15, -0.1) is 0 Å². The van der Waals surface area contributed by atoms with Gasteiger partial charge in [0.05, 0.1) is 0 Å². The molecule has 3 N–H and O–H groups in total. The molecule has 1 aromatic heterocycles. The summed E-state index contributed by atoms with van der Waals surface area (Å²) in [4.78, 5) is 19.8. The summed E-state index contributed by atoms with van der Waals surface area (Å²) in [5.74, 6) is 0.242. The van der Waals surface area contributed by atoms with Gasteiger partial charge in [0, 0.05) is 24.4 Å². The largest absolute Gasteiger partial charge is 0.444 e. The molecule has 0 aliphatic heterocycles. The maximum Gasteiger partial charge on any atom is 0.414 e. The van der Waals surface area contributed by atoms with Crippen molar-refractivity contribution in [1.82, 2.24) is 9.97 Å². The normalized spacial score (nSPS) is 16.8. The number of hydrogen-bond acceptors (Lipinski definition) is 5. The molecule has 0 unspecified atom stereocenters. The first kappa shape index (κ1) is 13.7. The lowest BCUT2D eigenvalue weighted by Crippen LogP contribution is -2.28. The van der Waals surface area contributed by atoms with Crippen LogP contribution in [0.3, 0.4) is 0 Å². The van der Waals surface area contributed by atoms with Gasteiger partial charge >= 0.3 is 6.09 Å². The second-order valence-corrected chi connectivity index (χ2v) is 5.91. The third-order valence-electron chi connectivity index (χ3n) is 3.12. The van der Waals surface area contributed by atoms with Crippen molar-refractivity contribution in [2.75, 3.05) is 11.9 Å². The molecule has 1 aromatic rings. The first-order valence-electron chi connectivity index (χ1n) is 6.37. The van der Waals surface area contributed by atoms with Gasteiger partial charge in [-0.1, -0.05) is 0 Å². The summed E-state index contributed by atoms with van der Waals surface area (Å²) in [5.41, 5.74) is 6.30. The average Bonchev–Trinajstić information content (AvgIpc) is 3.08. The fourth-order valence-corrected chi connectivity index (χ4v) is 1.82. The average molecular weight is 264 g/mol. The predicted octanol–water partition coefficient (Wildman–Crippen LogP) is 1.81. The van der Waals surface area contributed by atoms with Gasteiger partial charge in [-0.3, -0.25) is 5.32 Å². The van der Waals surface area contributed by atoms with Gasteiger partial charge in [-0.05, 0) is 39.2 Å². The van der Waals surface area contributed by atoms with E-state index >= 15 is 0 Å². The van der Waals surface area contributed by atoms with Crippen LogP contribution in [0.2, 0.25) is 0 Å². The Morgan fingerprint density at radius 1 is 1.42 bits per heavy atom. The van der Waals surface area contributed by atoms with Crippen LogP contribution in [-0.2, 0) is 10.2 Å². The molecule has 0 aromatic carbocycles. The highest BCUT2D eigenvalue weighted by molar-refractivity contribution is 5.82. The van der Waals surface area contributed by atoms with Crippen LogP contribution >= 0.6 is 0 Å². The van der Waals surface area contributed by atoms with E-state index in [-0.39, 0.29) is 11.4 Å². The molecule has 0 radical (unpaired) electrons. The summed E-state index contributed by atoms with van der Waals surface area (Å²) in [6, 6.07) is 0. The molecule has 1 heterocycles. The second kappa shape index (κ2) is 4.77. The van der Waals surface area contributed by atoms with Crippen LogP contribution in [0, 0.1) is 0 Å². The first-order chi connectivity index (χ1) is 8.85. The summed E-state index contributed by atoms with van der Waals surface area (Å²) in [6.07, 6.45) is 5.04. The Bertz CT molecular complexity index is 461. The van der Waals surface area contributed by atoms with Gasteiger partial charge in [0.1, 0.15) is 5.60 Å². The Kier molecular flexibility index (Phi) is 3.45. The number of carbonyl (C=O) groups is 1. The highest BCUT2D eigenvalue weighted by Crippen LogP contribution is 2.46. The van der Waals surface area contributed by atoms with Gasteiger partial charge in [0.25, 0.3) is 0 Å². The van der Waals surface area contributed by atoms with E-state index in [0.29, 0.717) is 6.54 Å². The van der Waals surface area contributed by atoms with E-state index in [1.165, 1.54) is 0 Å². The van der Waals surface area contributed by atoms with E-state index in [2.05, 4.69) is 15.3 Å². The Morgan fingerprint density at radius 3 is 2.42 bits per heavy atom. The van der Waals surface area contributed by atoms with Crippen molar-refractivity contribution in [3.63, 3.8) is 0 Å². The fourth-order valence-electron chi connectivity index (χ4n) is 1.82. The molecule has 6 nitrogen and oxygen atoms in total. The number of carbonyl (C=O) groups excluding carboxylic acids is 1. The quantitative estimate of drug-likeness (QED) is 0.869. The van der Waals surface area contributed by atoms with E-state index in [9.17, 15) is 4.79 Å². The molecule has 19 heavy (non-hydrogen) atoms.